The predicted octanol–water partition coefficient (Wildman–Crippen LogP) is 4.38. The van der Waals surface area contributed by atoms with Crippen molar-refractivity contribution < 1.29 is 28.7 Å². The van der Waals surface area contributed by atoms with Crippen LogP contribution in [-0.2, 0) is 0 Å². The van der Waals surface area contributed by atoms with E-state index in [4.69, 9.17) is 14.2 Å². The minimum absolute atomic E-state index is 0.0983. The van der Waals surface area contributed by atoms with E-state index < -0.39 is 16.8 Å². The van der Waals surface area contributed by atoms with E-state index in [1.165, 1.54) is 31.5 Å². The van der Waals surface area contributed by atoms with Gasteiger partial charge < -0.3 is 14.2 Å². The van der Waals surface area contributed by atoms with Gasteiger partial charge in [0, 0.05) is 17.7 Å². The fourth-order valence-corrected chi connectivity index (χ4v) is 2.91. The molecule has 0 fully saturated rings. The molecule has 0 saturated carbocycles. The van der Waals surface area contributed by atoms with Gasteiger partial charge in [-0.1, -0.05) is 13.0 Å². The number of carbonyl (C=O) groups is 2. The Morgan fingerprint density at radius 1 is 1.03 bits per heavy atom. The highest BCUT2D eigenvalue weighted by Crippen LogP contribution is 2.28. The van der Waals surface area contributed by atoms with E-state index in [1.807, 2.05) is 6.92 Å². The topological polar surface area (TPSA) is 129 Å². The summed E-state index contributed by atoms with van der Waals surface area (Å²) in [7, 11) is 1.43. The van der Waals surface area contributed by atoms with Crippen molar-refractivity contribution >= 4 is 23.8 Å². The zero-order valence-electron chi connectivity index (χ0n) is 19.1. The fraction of sp³-hybridized carbons (Fsp3) is 0.160. The molecule has 0 heterocycles. The Morgan fingerprint density at radius 3 is 2.49 bits per heavy atom. The monoisotopic (exact) mass is 477 g/mol. The molecule has 3 rings (SSSR count). The molecule has 0 spiro atoms. The first-order valence-corrected chi connectivity index (χ1v) is 10.6. The van der Waals surface area contributed by atoms with Crippen molar-refractivity contribution in [2.75, 3.05) is 13.7 Å². The minimum atomic E-state index is -0.603. The highest BCUT2D eigenvalue weighted by Gasteiger charge is 2.14. The molecule has 0 saturated heterocycles. The van der Waals surface area contributed by atoms with Crippen molar-refractivity contribution in [3.8, 4) is 17.2 Å². The Kier molecular flexibility index (Phi) is 8.49. The zero-order chi connectivity index (χ0) is 25.2. The number of methoxy groups -OCH3 is 1. The molecule has 0 aromatic heterocycles. The number of hydrogen-bond acceptors (Lipinski definition) is 8. The van der Waals surface area contributed by atoms with E-state index in [0.717, 1.165) is 12.5 Å². The van der Waals surface area contributed by atoms with Crippen molar-refractivity contribution in [1.29, 1.82) is 0 Å². The summed E-state index contributed by atoms with van der Waals surface area (Å²) in [5.74, 6) is 0.00329. The molecule has 35 heavy (non-hydrogen) atoms. The van der Waals surface area contributed by atoms with Crippen LogP contribution in [0.2, 0.25) is 0 Å². The van der Waals surface area contributed by atoms with E-state index in [0.29, 0.717) is 23.5 Å². The molecule has 180 valence electrons. The summed E-state index contributed by atoms with van der Waals surface area (Å²) >= 11 is 0. The van der Waals surface area contributed by atoms with Crippen LogP contribution < -0.4 is 19.6 Å². The van der Waals surface area contributed by atoms with Crippen LogP contribution in [0.25, 0.3) is 0 Å². The number of nitro benzene ring substituents is 1. The number of non-ortho nitro benzene ring substituents is 1. The maximum Gasteiger partial charge on any atom is 0.343 e. The van der Waals surface area contributed by atoms with Gasteiger partial charge in [0.25, 0.3) is 11.6 Å². The SMILES string of the molecule is CCCOc1ccc(C(=O)Oc2ccc(/C=N/NC(=O)c3cccc([N+](=O)[O-])c3)cc2OC)cc1. The van der Waals surface area contributed by atoms with Crippen molar-refractivity contribution in [3.63, 3.8) is 0 Å². The third-order valence-electron chi connectivity index (χ3n) is 4.65. The predicted molar refractivity (Wildman–Crippen MR) is 128 cm³/mol. The van der Waals surface area contributed by atoms with Gasteiger partial charge in [-0.15, -0.1) is 0 Å². The average Bonchev–Trinajstić information content (AvgIpc) is 2.88. The maximum atomic E-state index is 12.5. The highest BCUT2D eigenvalue weighted by molar-refractivity contribution is 5.95. The molecule has 10 heteroatoms. The second kappa shape index (κ2) is 11.9. The van der Waals surface area contributed by atoms with Crippen LogP contribution in [0.5, 0.6) is 17.2 Å². The number of benzene rings is 3. The lowest BCUT2D eigenvalue weighted by Crippen LogP contribution is -2.17. The maximum absolute atomic E-state index is 12.5. The van der Waals surface area contributed by atoms with E-state index in [1.54, 1.807) is 42.5 Å². The molecule has 10 nitrogen and oxygen atoms in total. The lowest BCUT2D eigenvalue weighted by molar-refractivity contribution is -0.384. The third-order valence-corrected chi connectivity index (χ3v) is 4.65. The molecule has 0 bridgehead atoms. The first-order chi connectivity index (χ1) is 16.9. The Balaban J connectivity index is 1.64. The van der Waals surface area contributed by atoms with E-state index in [-0.39, 0.29) is 22.7 Å². The van der Waals surface area contributed by atoms with Crippen LogP contribution >= 0.6 is 0 Å². The largest absolute Gasteiger partial charge is 0.494 e. The van der Waals surface area contributed by atoms with Crippen LogP contribution in [0.4, 0.5) is 5.69 Å². The number of nitrogens with one attached hydrogen (secondary N) is 1. The Labute approximate surface area is 201 Å². The van der Waals surface area contributed by atoms with Gasteiger partial charge >= 0.3 is 5.97 Å². The molecule has 0 aliphatic carbocycles. The molecule has 0 unspecified atom stereocenters. The summed E-state index contributed by atoms with van der Waals surface area (Å²) in [4.78, 5) is 35.0. The lowest BCUT2D eigenvalue weighted by Gasteiger charge is -2.10. The number of nitro groups is 1. The minimum Gasteiger partial charge on any atom is -0.494 e. The summed E-state index contributed by atoms with van der Waals surface area (Å²) in [6.45, 7) is 2.60. The smallest absolute Gasteiger partial charge is 0.343 e. The van der Waals surface area contributed by atoms with Crippen molar-refractivity contribution in [1.82, 2.24) is 5.43 Å². The molecule has 3 aromatic carbocycles. The fourth-order valence-electron chi connectivity index (χ4n) is 2.91. The standard InChI is InChI=1S/C25H23N3O7/c1-3-13-34-21-10-8-18(9-11-21)25(30)35-22-12-7-17(14-23(22)33-2)16-26-27-24(29)19-5-4-6-20(15-19)28(31)32/h4-12,14-16H,3,13H2,1-2H3,(H,27,29)/b26-16+. The highest BCUT2D eigenvalue weighted by atomic mass is 16.6. The van der Waals surface area contributed by atoms with E-state index in [2.05, 4.69) is 10.5 Å². The first-order valence-electron chi connectivity index (χ1n) is 10.6. The molecule has 1 N–H and O–H groups in total. The van der Waals surface area contributed by atoms with Crippen LogP contribution in [0.3, 0.4) is 0 Å². The summed E-state index contributed by atoms with van der Waals surface area (Å²) in [5.41, 5.74) is 3.12. The van der Waals surface area contributed by atoms with E-state index >= 15 is 0 Å². The first kappa shape index (κ1) is 24.9. The lowest BCUT2D eigenvalue weighted by atomic mass is 10.2. The molecular formula is C25H23N3O7. The number of rotatable bonds is 10. The average molecular weight is 477 g/mol. The van der Waals surface area contributed by atoms with Gasteiger partial charge in [-0.25, -0.2) is 10.2 Å². The van der Waals surface area contributed by atoms with Gasteiger partial charge in [0.1, 0.15) is 5.75 Å². The Hall–Kier alpha value is -4.73. The van der Waals surface area contributed by atoms with Crippen LogP contribution in [-0.4, -0.2) is 36.7 Å². The second-order valence-electron chi connectivity index (χ2n) is 7.18. The quantitative estimate of drug-likeness (QED) is 0.151. The number of nitrogens with zero attached hydrogens (tertiary/aromatic N) is 2. The second-order valence-corrected chi connectivity index (χ2v) is 7.18. The Bertz CT molecular complexity index is 1240. The normalized spacial score (nSPS) is 10.6. The molecule has 0 aliphatic rings. The van der Waals surface area contributed by atoms with Gasteiger partial charge in [0.15, 0.2) is 11.5 Å². The van der Waals surface area contributed by atoms with Crippen LogP contribution in [0, 0.1) is 10.1 Å². The van der Waals surface area contributed by atoms with Gasteiger partial charge in [-0.05, 0) is 60.5 Å². The third kappa shape index (κ3) is 6.87. The summed E-state index contributed by atoms with van der Waals surface area (Å²) in [6.07, 6.45) is 2.24. The van der Waals surface area contributed by atoms with Crippen molar-refractivity contribution in [2.24, 2.45) is 5.10 Å². The van der Waals surface area contributed by atoms with Gasteiger partial charge in [-0.2, -0.15) is 5.10 Å². The zero-order valence-corrected chi connectivity index (χ0v) is 19.1. The molecule has 0 aliphatic heterocycles. The molecule has 1 amide bonds. The van der Waals surface area contributed by atoms with Gasteiger partial charge in [0.2, 0.25) is 0 Å². The summed E-state index contributed by atoms with van der Waals surface area (Å²) in [6, 6.07) is 16.7. The number of hydrogen-bond donors (Lipinski definition) is 1. The molecule has 0 atom stereocenters. The van der Waals surface area contributed by atoms with Gasteiger partial charge in [-0.3, -0.25) is 14.9 Å². The number of carbonyl (C=O) groups excluding carboxylic acids is 2. The van der Waals surface area contributed by atoms with E-state index in [9.17, 15) is 19.7 Å². The van der Waals surface area contributed by atoms with Crippen LogP contribution in [0.1, 0.15) is 39.6 Å². The van der Waals surface area contributed by atoms with Crippen molar-refractivity contribution in [3.05, 3.63) is 93.5 Å². The number of hydrazone groups is 1. The van der Waals surface area contributed by atoms with Gasteiger partial charge in [0.05, 0.1) is 30.4 Å². The number of esters is 1. The number of amides is 1. The Morgan fingerprint density at radius 2 is 1.80 bits per heavy atom. The summed E-state index contributed by atoms with van der Waals surface area (Å²) < 4.78 is 16.3. The molecule has 0 radical (unpaired) electrons. The number of ether oxygens (including phenoxy) is 3. The van der Waals surface area contributed by atoms with Crippen LogP contribution in [0.15, 0.2) is 71.8 Å². The molecule has 3 aromatic rings. The summed E-state index contributed by atoms with van der Waals surface area (Å²) in [5, 5.41) is 14.7. The van der Waals surface area contributed by atoms with Crippen molar-refractivity contribution in [2.45, 2.75) is 13.3 Å². The molecular weight excluding hydrogens is 454 g/mol.